The van der Waals surface area contributed by atoms with E-state index in [0.717, 1.165) is 0 Å². The van der Waals surface area contributed by atoms with Gasteiger partial charge in [-0.25, -0.2) is 0 Å². The van der Waals surface area contributed by atoms with Crippen molar-refractivity contribution in [3.63, 3.8) is 0 Å². The van der Waals surface area contributed by atoms with Crippen LogP contribution in [0.4, 0.5) is 0 Å². The van der Waals surface area contributed by atoms with Crippen LogP contribution in [0.5, 0.6) is 5.75 Å². The molecule has 3 nitrogen and oxygen atoms in total. The summed E-state index contributed by atoms with van der Waals surface area (Å²) >= 11 is 11.8. The minimum Gasteiger partial charge on any atom is -0.494 e. The van der Waals surface area contributed by atoms with Crippen molar-refractivity contribution in [2.45, 2.75) is 33.3 Å². The highest BCUT2D eigenvalue weighted by atomic mass is 35.5. The fraction of sp³-hybridized carbons (Fsp3) is 0.462. The highest BCUT2D eigenvalue weighted by Crippen LogP contribution is 2.31. The van der Waals surface area contributed by atoms with E-state index < -0.39 is 0 Å². The van der Waals surface area contributed by atoms with Crippen molar-refractivity contribution >= 4 is 29.2 Å². The molecule has 0 aliphatic carbocycles. The average Bonchev–Trinajstić information content (AvgIpc) is 2.24. The fourth-order valence-corrected chi connectivity index (χ4v) is 1.80. The first-order valence-corrected chi connectivity index (χ1v) is 6.49. The Morgan fingerprint density at radius 2 is 1.89 bits per heavy atom. The topological polar surface area (TPSA) is 35.5 Å². The lowest BCUT2D eigenvalue weighted by molar-refractivity contribution is -0.146. The summed E-state index contributed by atoms with van der Waals surface area (Å²) < 4.78 is 10.5. The van der Waals surface area contributed by atoms with Gasteiger partial charge in [0.1, 0.15) is 5.75 Å². The smallest absolute Gasteiger partial charge is 0.310 e. The molecule has 0 spiro atoms. The third-order valence-electron chi connectivity index (χ3n) is 2.11. The summed E-state index contributed by atoms with van der Waals surface area (Å²) in [6.07, 6.45) is -0.0273. The Labute approximate surface area is 117 Å². The maximum atomic E-state index is 11.6. The van der Waals surface area contributed by atoms with E-state index in [2.05, 4.69) is 0 Å². The van der Waals surface area contributed by atoms with E-state index >= 15 is 0 Å². The van der Waals surface area contributed by atoms with Crippen molar-refractivity contribution in [3.8, 4) is 5.75 Å². The van der Waals surface area contributed by atoms with Gasteiger partial charge in [0.2, 0.25) is 0 Å². The normalized spacial score (nSPS) is 10.6. The molecule has 0 heterocycles. The second-order valence-corrected chi connectivity index (χ2v) is 4.84. The van der Waals surface area contributed by atoms with Crippen molar-refractivity contribution in [3.05, 3.63) is 27.7 Å². The minimum absolute atomic E-state index is 0.115. The van der Waals surface area contributed by atoms with Gasteiger partial charge in [-0.15, -0.1) is 0 Å². The maximum Gasteiger partial charge on any atom is 0.310 e. The van der Waals surface area contributed by atoms with Crippen LogP contribution in [0.15, 0.2) is 12.1 Å². The summed E-state index contributed by atoms with van der Waals surface area (Å²) in [5, 5.41) is 0.800. The largest absolute Gasteiger partial charge is 0.494 e. The molecular formula is C13H16Cl2O3. The monoisotopic (exact) mass is 290 g/mol. The third kappa shape index (κ3) is 4.39. The first-order valence-electron chi connectivity index (χ1n) is 5.74. The number of esters is 1. The Kier molecular flexibility index (Phi) is 5.76. The molecule has 0 N–H and O–H groups in total. The molecule has 0 atom stereocenters. The lowest BCUT2D eigenvalue weighted by Crippen LogP contribution is -2.14. The number of rotatable bonds is 5. The fourth-order valence-electron chi connectivity index (χ4n) is 1.46. The van der Waals surface area contributed by atoms with Crippen molar-refractivity contribution < 1.29 is 14.3 Å². The number of halogens is 2. The first-order chi connectivity index (χ1) is 8.43. The molecule has 0 aromatic heterocycles. The molecule has 0 radical (unpaired) electrons. The summed E-state index contributed by atoms with van der Waals surface area (Å²) in [5.41, 5.74) is 0.678. The summed E-state index contributed by atoms with van der Waals surface area (Å²) in [4.78, 5) is 11.6. The lowest BCUT2D eigenvalue weighted by Gasteiger charge is -2.12. The molecule has 1 aromatic carbocycles. The lowest BCUT2D eigenvalue weighted by atomic mass is 10.1. The Hall–Kier alpha value is -0.930. The highest BCUT2D eigenvalue weighted by molar-refractivity contribution is 6.42. The van der Waals surface area contributed by atoms with Gasteiger partial charge in [-0.1, -0.05) is 23.2 Å². The van der Waals surface area contributed by atoms with Crippen LogP contribution in [0.2, 0.25) is 10.0 Å². The van der Waals surface area contributed by atoms with Crippen LogP contribution in [-0.4, -0.2) is 18.7 Å². The molecule has 0 saturated heterocycles. The van der Waals surface area contributed by atoms with Gasteiger partial charge in [0.05, 0.1) is 29.2 Å². The van der Waals surface area contributed by atoms with Gasteiger partial charge < -0.3 is 9.47 Å². The zero-order chi connectivity index (χ0) is 13.7. The van der Waals surface area contributed by atoms with Gasteiger partial charge in [-0.3, -0.25) is 4.79 Å². The first kappa shape index (κ1) is 15.1. The van der Waals surface area contributed by atoms with Crippen LogP contribution in [0.3, 0.4) is 0 Å². The van der Waals surface area contributed by atoms with Crippen molar-refractivity contribution in [1.82, 2.24) is 0 Å². The quantitative estimate of drug-likeness (QED) is 0.772. The van der Waals surface area contributed by atoms with Gasteiger partial charge in [0, 0.05) is 11.6 Å². The van der Waals surface area contributed by atoms with Crippen LogP contribution in [-0.2, 0) is 16.0 Å². The zero-order valence-electron chi connectivity index (χ0n) is 10.6. The summed E-state index contributed by atoms with van der Waals surface area (Å²) in [5.74, 6) is 0.247. The van der Waals surface area contributed by atoms with Crippen LogP contribution < -0.4 is 4.74 Å². The average molecular weight is 291 g/mol. The van der Waals surface area contributed by atoms with E-state index in [1.807, 2.05) is 6.92 Å². The summed E-state index contributed by atoms with van der Waals surface area (Å²) in [7, 11) is 0. The van der Waals surface area contributed by atoms with E-state index in [4.69, 9.17) is 32.7 Å². The van der Waals surface area contributed by atoms with E-state index in [9.17, 15) is 4.79 Å². The number of benzene rings is 1. The predicted molar refractivity (Wildman–Crippen MR) is 72.6 cm³/mol. The number of carbonyl (C=O) groups is 1. The second kappa shape index (κ2) is 6.86. The molecule has 18 heavy (non-hydrogen) atoms. The van der Waals surface area contributed by atoms with Gasteiger partial charge in [-0.05, 0) is 26.8 Å². The van der Waals surface area contributed by atoms with E-state index in [0.29, 0.717) is 28.0 Å². The Morgan fingerprint density at radius 1 is 1.28 bits per heavy atom. The molecule has 5 heteroatoms. The Morgan fingerprint density at radius 3 is 2.44 bits per heavy atom. The standard InChI is InChI=1S/C13H16Cl2O3/c1-4-17-12-7-11(15)10(14)5-9(12)6-13(16)18-8(2)3/h5,7-8H,4,6H2,1-3H3. The Bertz CT molecular complexity index is 430. The van der Waals surface area contributed by atoms with Crippen LogP contribution in [0.25, 0.3) is 0 Å². The van der Waals surface area contributed by atoms with Crippen LogP contribution in [0, 0.1) is 0 Å². The number of hydrogen-bond acceptors (Lipinski definition) is 3. The molecule has 0 aliphatic heterocycles. The summed E-state index contributed by atoms with van der Waals surface area (Å²) in [6, 6.07) is 3.25. The van der Waals surface area contributed by atoms with Crippen LogP contribution in [0.1, 0.15) is 26.3 Å². The van der Waals surface area contributed by atoms with Gasteiger partial charge in [0.15, 0.2) is 0 Å². The van der Waals surface area contributed by atoms with Crippen molar-refractivity contribution in [2.75, 3.05) is 6.61 Å². The van der Waals surface area contributed by atoms with Crippen LogP contribution >= 0.6 is 23.2 Å². The van der Waals surface area contributed by atoms with Gasteiger partial charge in [0.25, 0.3) is 0 Å². The van der Waals surface area contributed by atoms with Gasteiger partial charge in [-0.2, -0.15) is 0 Å². The summed E-state index contributed by atoms with van der Waals surface area (Å²) in [6.45, 7) is 5.95. The third-order valence-corrected chi connectivity index (χ3v) is 2.83. The highest BCUT2D eigenvalue weighted by Gasteiger charge is 2.14. The molecule has 0 fully saturated rings. The Balaban J connectivity index is 2.92. The maximum absolute atomic E-state index is 11.6. The molecule has 0 aliphatic rings. The van der Waals surface area contributed by atoms with Crippen molar-refractivity contribution in [1.29, 1.82) is 0 Å². The molecular weight excluding hydrogens is 275 g/mol. The molecule has 0 unspecified atom stereocenters. The predicted octanol–water partition coefficient (Wildman–Crippen LogP) is 3.89. The minimum atomic E-state index is -0.315. The van der Waals surface area contributed by atoms with E-state index in [1.165, 1.54) is 0 Å². The number of carbonyl (C=O) groups excluding carboxylic acids is 1. The molecule has 1 rings (SSSR count). The molecule has 0 amide bonds. The zero-order valence-corrected chi connectivity index (χ0v) is 12.1. The van der Waals surface area contributed by atoms with Crippen molar-refractivity contribution in [2.24, 2.45) is 0 Å². The van der Waals surface area contributed by atoms with Gasteiger partial charge >= 0.3 is 5.97 Å². The van der Waals surface area contributed by atoms with E-state index in [-0.39, 0.29) is 18.5 Å². The molecule has 0 saturated carbocycles. The number of ether oxygens (including phenoxy) is 2. The SMILES string of the molecule is CCOc1cc(Cl)c(Cl)cc1CC(=O)OC(C)C. The molecule has 1 aromatic rings. The molecule has 100 valence electrons. The molecule has 0 bridgehead atoms. The van der Waals surface area contributed by atoms with E-state index in [1.54, 1.807) is 26.0 Å². The number of hydrogen-bond donors (Lipinski definition) is 0. The second-order valence-electron chi connectivity index (χ2n) is 4.02.